The van der Waals surface area contributed by atoms with Gasteiger partial charge in [0.1, 0.15) is 6.04 Å². The normalized spacial score (nSPS) is 11.9. The molecule has 0 aliphatic carbocycles. The lowest BCUT2D eigenvalue weighted by atomic mass is 10.0. The van der Waals surface area contributed by atoms with Gasteiger partial charge >= 0.3 is 5.97 Å². The molecule has 7 nitrogen and oxygen atoms in total. The molecule has 0 bridgehead atoms. The minimum Gasteiger partial charge on any atom is -0.480 e. The number of carbonyl (C=O) groups excluding carboxylic acids is 1. The Hall–Kier alpha value is -1.79. The molecular formula is C9H18N4O3. The van der Waals surface area contributed by atoms with Crippen molar-refractivity contribution in [3.8, 4) is 0 Å². The number of hydrogen-bond donors (Lipinski definition) is 5. The van der Waals surface area contributed by atoms with Gasteiger partial charge in [-0.3, -0.25) is 10.2 Å². The fraction of sp³-hybridized carbons (Fsp3) is 0.667. The van der Waals surface area contributed by atoms with Crippen LogP contribution in [0.15, 0.2) is 0 Å². The molecule has 16 heavy (non-hydrogen) atoms. The van der Waals surface area contributed by atoms with Gasteiger partial charge < -0.3 is 21.5 Å². The van der Waals surface area contributed by atoms with Crippen molar-refractivity contribution in [2.75, 3.05) is 6.54 Å². The number of aliphatic carboxylic acids is 1. The molecule has 0 heterocycles. The largest absolute Gasteiger partial charge is 0.480 e. The Morgan fingerprint density at radius 1 is 1.44 bits per heavy atom. The lowest BCUT2D eigenvalue weighted by Crippen LogP contribution is -2.47. The average Bonchev–Trinajstić information content (AvgIpc) is 2.12. The van der Waals surface area contributed by atoms with Crippen LogP contribution in [0.2, 0.25) is 0 Å². The topological polar surface area (TPSA) is 128 Å². The zero-order valence-corrected chi connectivity index (χ0v) is 9.41. The Labute approximate surface area is 93.9 Å². The maximum Gasteiger partial charge on any atom is 0.326 e. The number of rotatable bonds is 6. The fourth-order valence-electron chi connectivity index (χ4n) is 1.11. The molecule has 0 saturated heterocycles. The first-order valence-electron chi connectivity index (χ1n) is 4.93. The third-order valence-electron chi connectivity index (χ3n) is 1.78. The van der Waals surface area contributed by atoms with Crippen molar-refractivity contribution in [3.05, 3.63) is 0 Å². The summed E-state index contributed by atoms with van der Waals surface area (Å²) in [5.41, 5.74) is 4.99. The summed E-state index contributed by atoms with van der Waals surface area (Å²) in [5, 5.41) is 20.3. The summed E-state index contributed by atoms with van der Waals surface area (Å²) in [6.07, 6.45) is 0.362. The molecule has 7 heteroatoms. The van der Waals surface area contributed by atoms with E-state index in [0.29, 0.717) is 6.42 Å². The molecule has 0 aliphatic heterocycles. The molecule has 0 unspecified atom stereocenters. The lowest BCUT2D eigenvalue weighted by Gasteiger charge is -2.16. The van der Waals surface area contributed by atoms with Gasteiger partial charge in [-0.15, -0.1) is 0 Å². The number of hydrogen-bond acceptors (Lipinski definition) is 3. The third-order valence-corrected chi connectivity index (χ3v) is 1.78. The van der Waals surface area contributed by atoms with Crippen molar-refractivity contribution in [2.45, 2.75) is 26.3 Å². The first-order valence-corrected chi connectivity index (χ1v) is 4.93. The zero-order chi connectivity index (χ0) is 12.7. The quantitative estimate of drug-likeness (QED) is 0.298. The standard InChI is InChI=1S/C9H18N4O3/c1-5(2)3-6(8(15)16)13-7(14)4-12-9(10)11/h5-6H,3-4H2,1-2H3,(H,13,14)(H,15,16)(H4,10,11,12)/t6-/m0/s1. The Morgan fingerprint density at radius 2 is 2.00 bits per heavy atom. The second-order valence-corrected chi connectivity index (χ2v) is 3.86. The summed E-state index contributed by atoms with van der Waals surface area (Å²) >= 11 is 0. The molecule has 0 aromatic rings. The predicted molar refractivity (Wildman–Crippen MR) is 58.9 cm³/mol. The first kappa shape index (κ1) is 14.2. The highest BCUT2D eigenvalue weighted by molar-refractivity contribution is 5.87. The third kappa shape index (κ3) is 6.63. The highest BCUT2D eigenvalue weighted by Crippen LogP contribution is 2.04. The molecule has 1 atom stereocenters. The van der Waals surface area contributed by atoms with E-state index in [1.54, 1.807) is 0 Å². The summed E-state index contributed by atoms with van der Waals surface area (Å²) in [4.78, 5) is 22.1. The van der Waals surface area contributed by atoms with E-state index in [1.165, 1.54) is 0 Å². The van der Waals surface area contributed by atoms with E-state index >= 15 is 0 Å². The van der Waals surface area contributed by atoms with Gasteiger partial charge in [-0.2, -0.15) is 0 Å². The van der Waals surface area contributed by atoms with E-state index in [2.05, 4.69) is 10.6 Å². The number of nitrogens with one attached hydrogen (secondary N) is 3. The average molecular weight is 230 g/mol. The Kier molecular flexibility index (Phi) is 5.91. The number of nitrogens with two attached hydrogens (primary N) is 1. The second-order valence-electron chi connectivity index (χ2n) is 3.86. The maximum absolute atomic E-state index is 11.3. The summed E-state index contributed by atoms with van der Waals surface area (Å²) in [6, 6.07) is -0.902. The maximum atomic E-state index is 11.3. The summed E-state index contributed by atoms with van der Waals surface area (Å²) < 4.78 is 0. The van der Waals surface area contributed by atoms with Crippen LogP contribution in [-0.2, 0) is 9.59 Å². The van der Waals surface area contributed by atoms with E-state index in [1.807, 2.05) is 13.8 Å². The number of carbonyl (C=O) groups is 2. The van der Waals surface area contributed by atoms with Crippen molar-refractivity contribution in [1.29, 1.82) is 5.41 Å². The van der Waals surface area contributed by atoms with E-state index in [4.69, 9.17) is 16.2 Å². The number of carboxylic acids is 1. The van der Waals surface area contributed by atoms with Gasteiger partial charge in [0.05, 0.1) is 6.54 Å². The van der Waals surface area contributed by atoms with Crippen LogP contribution in [0, 0.1) is 11.3 Å². The van der Waals surface area contributed by atoms with Crippen molar-refractivity contribution < 1.29 is 14.7 Å². The van der Waals surface area contributed by atoms with Crippen LogP contribution >= 0.6 is 0 Å². The van der Waals surface area contributed by atoms with Crippen LogP contribution in [0.5, 0.6) is 0 Å². The molecule has 0 aromatic carbocycles. The summed E-state index contributed by atoms with van der Waals surface area (Å²) in [6.45, 7) is 3.54. The van der Waals surface area contributed by atoms with Gasteiger partial charge in [0, 0.05) is 0 Å². The molecule has 0 saturated carbocycles. The van der Waals surface area contributed by atoms with E-state index < -0.39 is 17.9 Å². The van der Waals surface area contributed by atoms with Crippen LogP contribution in [0.1, 0.15) is 20.3 Å². The predicted octanol–water partition coefficient (Wildman–Crippen LogP) is -0.915. The number of amides is 1. The van der Waals surface area contributed by atoms with Gasteiger partial charge in [0.25, 0.3) is 0 Å². The van der Waals surface area contributed by atoms with Crippen molar-refractivity contribution >= 4 is 17.8 Å². The SMILES string of the molecule is CC(C)C[C@H](NC(=O)CNC(=N)N)C(=O)O. The Balaban J connectivity index is 4.13. The summed E-state index contributed by atoms with van der Waals surface area (Å²) in [7, 11) is 0. The second kappa shape index (κ2) is 6.65. The minimum absolute atomic E-state index is 0.169. The molecule has 1 amide bonds. The van der Waals surface area contributed by atoms with E-state index in [9.17, 15) is 9.59 Å². The smallest absolute Gasteiger partial charge is 0.326 e. The molecule has 0 rings (SSSR count). The van der Waals surface area contributed by atoms with Crippen LogP contribution in [0.25, 0.3) is 0 Å². The molecule has 0 aliphatic rings. The van der Waals surface area contributed by atoms with Crippen molar-refractivity contribution in [3.63, 3.8) is 0 Å². The zero-order valence-electron chi connectivity index (χ0n) is 9.41. The molecule has 92 valence electrons. The molecule has 6 N–H and O–H groups in total. The van der Waals surface area contributed by atoms with Gasteiger partial charge in [0.15, 0.2) is 5.96 Å². The van der Waals surface area contributed by atoms with E-state index in [0.717, 1.165) is 0 Å². The molecule has 0 spiro atoms. The van der Waals surface area contributed by atoms with Crippen LogP contribution in [0.3, 0.4) is 0 Å². The Morgan fingerprint density at radius 3 is 2.38 bits per heavy atom. The number of carboxylic acid groups (broad SMARTS) is 1. The van der Waals surface area contributed by atoms with Crippen LogP contribution in [0.4, 0.5) is 0 Å². The van der Waals surface area contributed by atoms with Gasteiger partial charge in [-0.1, -0.05) is 13.8 Å². The summed E-state index contributed by atoms with van der Waals surface area (Å²) in [5.74, 6) is -1.72. The molecular weight excluding hydrogens is 212 g/mol. The van der Waals surface area contributed by atoms with Crippen molar-refractivity contribution in [1.82, 2.24) is 10.6 Å². The number of guanidine groups is 1. The first-order chi connectivity index (χ1) is 7.32. The molecule has 0 fully saturated rings. The molecule has 0 radical (unpaired) electrons. The van der Waals surface area contributed by atoms with E-state index in [-0.39, 0.29) is 18.4 Å². The van der Waals surface area contributed by atoms with Crippen LogP contribution < -0.4 is 16.4 Å². The van der Waals surface area contributed by atoms with Gasteiger partial charge in [0.2, 0.25) is 5.91 Å². The minimum atomic E-state index is -1.06. The highest BCUT2D eigenvalue weighted by atomic mass is 16.4. The fourth-order valence-corrected chi connectivity index (χ4v) is 1.11. The molecule has 0 aromatic heterocycles. The highest BCUT2D eigenvalue weighted by Gasteiger charge is 2.20. The van der Waals surface area contributed by atoms with Crippen LogP contribution in [-0.4, -0.2) is 35.5 Å². The lowest BCUT2D eigenvalue weighted by molar-refractivity contribution is -0.142. The van der Waals surface area contributed by atoms with Gasteiger partial charge in [-0.25, -0.2) is 4.79 Å². The monoisotopic (exact) mass is 230 g/mol. The van der Waals surface area contributed by atoms with Gasteiger partial charge in [-0.05, 0) is 12.3 Å². The Bertz CT molecular complexity index is 278. The van der Waals surface area contributed by atoms with Crippen molar-refractivity contribution in [2.24, 2.45) is 11.7 Å².